The maximum Gasteiger partial charge on any atom is 0.394 e. The lowest BCUT2D eigenvalue weighted by molar-refractivity contribution is -0.160. The molecular formula is C16H19F2N4O4+. The van der Waals surface area contributed by atoms with E-state index in [0.29, 0.717) is 13.5 Å². The van der Waals surface area contributed by atoms with Crippen molar-refractivity contribution in [2.45, 2.75) is 32.2 Å². The number of aromatic nitrogens is 3. The molecule has 26 heavy (non-hydrogen) atoms. The van der Waals surface area contributed by atoms with E-state index in [9.17, 15) is 18.7 Å². The number of ether oxygens (including phenoxy) is 2. The SMILES string of the molecule is COC(=O)c1n[nH]c([N+]2(C(O)c3ccccc3OC(C)(F)F)CC2C)n1. The number of halogens is 2. The van der Waals surface area contributed by atoms with Crippen molar-refractivity contribution in [3.8, 4) is 5.75 Å². The van der Waals surface area contributed by atoms with Crippen molar-refractivity contribution in [3.05, 3.63) is 35.7 Å². The fourth-order valence-corrected chi connectivity index (χ4v) is 2.99. The van der Waals surface area contributed by atoms with Crippen LogP contribution in [0.4, 0.5) is 14.7 Å². The van der Waals surface area contributed by atoms with Gasteiger partial charge < -0.3 is 14.6 Å². The van der Waals surface area contributed by atoms with Crippen molar-refractivity contribution < 1.29 is 28.2 Å². The molecule has 0 saturated carbocycles. The minimum Gasteiger partial charge on any atom is -0.463 e. The minimum atomic E-state index is -3.39. The fraction of sp³-hybridized carbons (Fsp3) is 0.438. The first-order chi connectivity index (χ1) is 12.2. The predicted octanol–water partition coefficient (Wildman–Crippen LogP) is 1.98. The number of benzene rings is 1. The second kappa shape index (κ2) is 6.29. The van der Waals surface area contributed by atoms with Gasteiger partial charge >= 0.3 is 18.0 Å². The molecule has 1 aromatic heterocycles. The number of nitrogens with zero attached hydrogens (tertiary/aromatic N) is 3. The Kier molecular flexibility index (Phi) is 4.41. The summed E-state index contributed by atoms with van der Waals surface area (Å²) in [5.41, 5.74) is 0.189. The zero-order valence-electron chi connectivity index (χ0n) is 14.4. The Bertz CT molecular complexity index is 823. The van der Waals surface area contributed by atoms with Crippen molar-refractivity contribution in [1.29, 1.82) is 0 Å². The molecule has 0 amide bonds. The number of esters is 1. The van der Waals surface area contributed by atoms with Gasteiger partial charge in [0.2, 0.25) is 6.23 Å². The van der Waals surface area contributed by atoms with E-state index < -0.39 is 18.3 Å². The molecule has 1 aliphatic heterocycles. The van der Waals surface area contributed by atoms with Crippen LogP contribution < -0.4 is 9.22 Å². The smallest absolute Gasteiger partial charge is 0.394 e. The normalized spacial score (nSPS) is 23.4. The van der Waals surface area contributed by atoms with Gasteiger partial charge in [0.15, 0.2) is 0 Å². The second-order valence-corrected chi connectivity index (χ2v) is 6.26. The molecule has 3 atom stereocenters. The Labute approximate surface area is 148 Å². The molecule has 0 aliphatic carbocycles. The summed E-state index contributed by atoms with van der Waals surface area (Å²) in [6.45, 7) is 2.97. The Hall–Kier alpha value is -2.59. The number of quaternary nitrogens is 1. The summed E-state index contributed by atoms with van der Waals surface area (Å²) >= 11 is 0. The Morgan fingerprint density at radius 2 is 2.12 bits per heavy atom. The van der Waals surface area contributed by atoms with Gasteiger partial charge in [0, 0.05) is 6.92 Å². The number of H-pyrrole nitrogens is 1. The van der Waals surface area contributed by atoms with Crippen molar-refractivity contribution in [1.82, 2.24) is 19.7 Å². The van der Waals surface area contributed by atoms with Crippen LogP contribution in [0.2, 0.25) is 0 Å². The van der Waals surface area contributed by atoms with E-state index in [1.54, 1.807) is 6.07 Å². The predicted molar refractivity (Wildman–Crippen MR) is 86.5 cm³/mol. The third kappa shape index (κ3) is 3.13. The number of hydrogen-bond donors (Lipinski definition) is 2. The molecule has 8 nitrogen and oxygen atoms in total. The van der Waals surface area contributed by atoms with Crippen LogP contribution in [0.5, 0.6) is 5.75 Å². The number of hydrogen-bond acceptors (Lipinski definition) is 6. The van der Waals surface area contributed by atoms with E-state index in [4.69, 9.17) is 0 Å². The van der Waals surface area contributed by atoms with Crippen molar-refractivity contribution in [3.63, 3.8) is 0 Å². The number of aliphatic hydroxyl groups excluding tert-OH is 1. The topological polar surface area (TPSA) is 97.3 Å². The first-order valence-corrected chi connectivity index (χ1v) is 7.91. The minimum absolute atomic E-state index is 0.0707. The van der Waals surface area contributed by atoms with E-state index in [1.165, 1.54) is 25.3 Å². The summed E-state index contributed by atoms with van der Waals surface area (Å²) in [4.78, 5) is 15.7. The molecule has 1 aromatic carbocycles. The molecule has 3 rings (SSSR count). The number of carbonyl (C=O) groups excluding carboxylic acids is 1. The number of nitrogens with one attached hydrogen (secondary N) is 1. The van der Waals surface area contributed by atoms with Crippen LogP contribution in [0.25, 0.3) is 0 Å². The third-order valence-electron chi connectivity index (χ3n) is 4.38. The van der Waals surface area contributed by atoms with Gasteiger partial charge in [-0.3, -0.25) is 0 Å². The molecule has 3 unspecified atom stereocenters. The van der Waals surface area contributed by atoms with Crippen LogP contribution >= 0.6 is 0 Å². The molecule has 2 N–H and O–H groups in total. The zero-order chi connectivity index (χ0) is 19.1. The van der Waals surface area contributed by atoms with Crippen molar-refractivity contribution in [2.75, 3.05) is 13.7 Å². The highest BCUT2D eigenvalue weighted by molar-refractivity contribution is 5.85. The van der Waals surface area contributed by atoms with Crippen LogP contribution in [0.1, 0.15) is 36.3 Å². The lowest BCUT2D eigenvalue weighted by Crippen LogP contribution is -2.35. The standard InChI is InChI=1S/C16H18F2N4O4/c1-9-8-22(9,15-19-12(20-21-15)14(24)25-3)13(23)10-6-4-5-7-11(10)26-16(2,17)18/h4-7,9,13,23H,8H2,1-3H3/p+1. The van der Waals surface area contributed by atoms with Crippen LogP contribution in [0.15, 0.2) is 24.3 Å². The first kappa shape index (κ1) is 18.2. The highest BCUT2D eigenvalue weighted by Gasteiger charge is 2.62. The van der Waals surface area contributed by atoms with Gasteiger partial charge in [0.05, 0.1) is 12.7 Å². The summed E-state index contributed by atoms with van der Waals surface area (Å²) in [5.74, 6) is -0.778. The Morgan fingerprint density at radius 1 is 1.46 bits per heavy atom. The molecule has 1 aliphatic rings. The highest BCUT2D eigenvalue weighted by Crippen LogP contribution is 2.46. The summed E-state index contributed by atoms with van der Waals surface area (Å²) in [7, 11) is 1.20. The maximum atomic E-state index is 13.3. The average Bonchev–Trinajstić information content (AvgIpc) is 3.04. The lowest BCUT2D eigenvalue weighted by atomic mass is 10.1. The molecule has 140 valence electrons. The Morgan fingerprint density at radius 3 is 2.69 bits per heavy atom. The highest BCUT2D eigenvalue weighted by atomic mass is 19.3. The number of alkyl halides is 2. The molecule has 1 saturated heterocycles. The number of carbonyl (C=O) groups is 1. The van der Waals surface area contributed by atoms with Crippen molar-refractivity contribution >= 4 is 11.9 Å². The molecule has 0 bridgehead atoms. The molecule has 0 spiro atoms. The van der Waals surface area contributed by atoms with Gasteiger partial charge in [0.25, 0.3) is 5.82 Å². The lowest BCUT2D eigenvalue weighted by Gasteiger charge is -2.25. The summed E-state index contributed by atoms with van der Waals surface area (Å²) in [5, 5.41) is 17.4. The number of methoxy groups -OCH3 is 1. The quantitative estimate of drug-likeness (QED) is 0.459. The van der Waals surface area contributed by atoms with E-state index in [-0.39, 0.29) is 33.6 Å². The van der Waals surface area contributed by atoms with Crippen LogP contribution in [-0.4, -0.2) is 52.1 Å². The average molecular weight is 369 g/mol. The third-order valence-corrected chi connectivity index (χ3v) is 4.38. The second-order valence-electron chi connectivity index (χ2n) is 6.26. The number of aromatic amines is 1. The van der Waals surface area contributed by atoms with E-state index in [2.05, 4.69) is 24.7 Å². The number of aliphatic hydroxyl groups is 1. The summed E-state index contributed by atoms with van der Waals surface area (Å²) in [6.07, 6.45) is -4.63. The number of para-hydroxylation sites is 1. The molecule has 2 aromatic rings. The van der Waals surface area contributed by atoms with Crippen molar-refractivity contribution in [2.24, 2.45) is 0 Å². The molecular weight excluding hydrogens is 350 g/mol. The van der Waals surface area contributed by atoms with Gasteiger partial charge in [-0.25, -0.2) is 14.4 Å². The monoisotopic (exact) mass is 369 g/mol. The van der Waals surface area contributed by atoms with E-state index >= 15 is 0 Å². The van der Waals surface area contributed by atoms with Gasteiger partial charge in [-0.05, 0) is 19.1 Å². The van der Waals surface area contributed by atoms with Crippen LogP contribution in [-0.2, 0) is 4.74 Å². The first-order valence-electron chi connectivity index (χ1n) is 7.91. The fourth-order valence-electron chi connectivity index (χ4n) is 2.99. The summed E-state index contributed by atoms with van der Waals surface area (Å²) in [6, 6.07) is 5.95. The number of rotatable bonds is 6. The van der Waals surface area contributed by atoms with E-state index in [0.717, 1.165) is 0 Å². The molecule has 10 heteroatoms. The van der Waals surface area contributed by atoms with Gasteiger partial charge in [-0.15, -0.1) is 10.1 Å². The molecule has 2 heterocycles. The van der Waals surface area contributed by atoms with Gasteiger partial charge in [-0.2, -0.15) is 8.78 Å². The van der Waals surface area contributed by atoms with Gasteiger partial charge in [-0.1, -0.05) is 12.1 Å². The van der Waals surface area contributed by atoms with Gasteiger partial charge in [0.1, 0.15) is 18.3 Å². The Balaban J connectivity index is 1.97. The zero-order valence-corrected chi connectivity index (χ0v) is 14.4. The summed E-state index contributed by atoms with van der Waals surface area (Å²) < 4.78 is 35.8. The maximum absolute atomic E-state index is 13.3. The molecule has 1 fully saturated rings. The van der Waals surface area contributed by atoms with Crippen LogP contribution in [0, 0.1) is 0 Å². The largest absolute Gasteiger partial charge is 0.463 e. The van der Waals surface area contributed by atoms with Crippen LogP contribution in [0.3, 0.4) is 0 Å². The van der Waals surface area contributed by atoms with E-state index in [1.807, 2.05) is 6.92 Å². The molecule has 0 radical (unpaired) electrons.